The molecule has 0 saturated heterocycles. The maximum absolute atomic E-state index is 12.7. The van der Waals surface area contributed by atoms with Gasteiger partial charge in [0.1, 0.15) is 6.29 Å². The van der Waals surface area contributed by atoms with Crippen molar-refractivity contribution in [1.82, 2.24) is 0 Å². The van der Waals surface area contributed by atoms with Crippen LogP contribution in [0.4, 0.5) is 0 Å². The third-order valence-electron chi connectivity index (χ3n) is 4.00. The summed E-state index contributed by atoms with van der Waals surface area (Å²) in [5, 5.41) is 0. The van der Waals surface area contributed by atoms with Crippen molar-refractivity contribution in [3.8, 4) is 0 Å². The number of hydrogen-bond acceptors (Lipinski definition) is 4. The lowest BCUT2D eigenvalue weighted by Gasteiger charge is -2.35. The molecule has 2 N–H and O–H groups in total. The molecule has 0 amide bonds. The van der Waals surface area contributed by atoms with Crippen LogP contribution in [0.25, 0.3) is 0 Å². The Kier molecular flexibility index (Phi) is 6.50. The third-order valence-corrected chi connectivity index (χ3v) is 4.00. The lowest BCUT2D eigenvalue weighted by molar-refractivity contribution is -0.129. The highest BCUT2D eigenvalue weighted by molar-refractivity contribution is 5.98. The minimum absolute atomic E-state index is 0.0563. The van der Waals surface area contributed by atoms with E-state index in [0.29, 0.717) is 19.3 Å². The first-order valence-electron chi connectivity index (χ1n) is 7.51. The number of nitrogens with two attached hydrogens (primary N) is 1. The molecule has 0 aliphatic heterocycles. The Morgan fingerprint density at radius 2 is 1.95 bits per heavy atom. The van der Waals surface area contributed by atoms with Crippen LogP contribution in [-0.4, -0.2) is 24.2 Å². The summed E-state index contributed by atoms with van der Waals surface area (Å²) in [6, 6.07) is 9.51. The van der Waals surface area contributed by atoms with E-state index in [9.17, 15) is 9.59 Å². The van der Waals surface area contributed by atoms with Crippen molar-refractivity contribution in [3.63, 3.8) is 0 Å². The van der Waals surface area contributed by atoms with Crippen molar-refractivity contribution >= 4 is 12.1 Å². The minimum Gasteiger partial charge on any atom is -0.491 e. The second kappa shape index (κ2) is 7.90. The molecular weight excluding hydrogens is 278 g/mol. The maximum atomic E-state index is 12.7. The van der Waals surface area contributed by atoms with E-state index in [1.807, 2.05) is 44.2 Å². The molecule has 0 fully saturated rings. The molecule has 0 spiro atoms. The molecule has 0 aliphatic rings. The molecule has 0 heterocycles. The van der Waals surface area contributed by atoms with Gasteiger partial charge in [-0.1, -0.05) is 50.8 Å². The average molecular weight is 303 g/mol. The van der Waals surface area contributed by atoms with Gasteiger partial charge in [-0.15, -0.1) is 0 Å². The molecule has 120 valence electrons. The molecule has 4 nitrogen and oxygen atoms in total. The highest BCUT2D eigenvalue weighted by atomic mass is 16.5. The number of rotatable bonds is 9. The van der Waals surface area contributed by atoms with E-state index in [0.717, 1.165) is 5.56 Å². The van der Waals surface area contributed by atoms with Crippen molar-refractivity contribution in [1.29, 1.82) is 0 Å². The van der Waals surface area contributed by atoms with E-state index in [4.69, 9.17) is 10.5 Å². The standard InChI is InChI=1S/C18H25NO3/c1-5-22-14(4)17(21)16(18(19,12-20)13(2)3)11-15-9-7-6-8-10-15/h6-10,12-13,16H,4-5,11,19H2,1-3H3. The van der Waals surface area contributed by atoms with E-state index in [1.165, 1.54) is 0 Å². The van der Waals surface area contributed by atoms with Crippen LogP contribution in [-0.2, 0) is 20.7 Å². The van der Waals surface area contributed by atoms with E-state index in [1.54, 1.807) is 6.92 Å². The lowest BCUT2D eigenvalue weighted by Crippen LogP contribution is -2.57. The van der Waals surface area contributed by atoms with Crippen molar-refractivity contribution in [2.75, 3.05) is 6.61 Å². The molecule has 2 atom stereocenters. The number of ether oxygens (including phenoxy) is 1. The average Bonchev–Trinajstić information content (AvgIpc) is 2.52. The van der Waals surface area contributed by atoms with Gasteiger partial charge in [-0.2, -0.15) is 0 Å². The molecule has 1 rings (SSSR count). The zero-order chi connectivity index (χ0) is 16.8. The van der Waals surface area contributed by atoms with Crippen LogP contribution in [0.1, 0.15) is 26.3 Å². The van der Waals surface area contributed by atoms with Crippen LogP contribution in [0.5, 0.6) is 0 Å². The molecule has 0 aliphatic carbocycles. The minimum atomic E-state index is -1.26. The number of allylic oxidation sites excluding steroid dienone is 1. The van der Waals surface area contributed by atoms with Crippen LogP contribution >= 0.6 is 0 Å². The number of carbonyl (C=O) groups is 2. The predicted octanol–water partition coefficient (Wildman–Crippen LogP) is 2.52. The second-order valence-electron chi connectivity index (χ2n) is 5.74. The van der Waals surface area contributed by atoms with E-state index >= 15 is 0 Å². The maximum Gasteiger partial charge on any atom is 0.202 e. The quantitative estimate of drug-likeness (QED) is 0.432. The largest absolute Gasteiger partial charge is 0.491 e. The van der Waals surface area contributed by atoms with E-state index < -0.39 is 11.5 Å². The molecule has 1 aromatic carbocycles. The fourth-order valence-electron chi connectivity index (χ4n) is 2.41. The van der Waals surface area contributed by atoms with Crippen LogP contribution in [0.15, 0.2) is 42.7 Å². The Labute approximate surface area is 132 Å². The normalized spacial score (nSPS) is 15.0. The third kappa shape index (κ3) is 4.04. The Morgan fingerprint density at radius 3 is 2.41 bits per heavy atom. The molecule has 22 heavy (non-hydrogen) atoms. The second-order valence-corrected chi connectivity index (χ2v) is 5.74. The molecule has 0 aromatic heterocycles. The number of hydrogen-bond donors (Lipinski definition) is 1. The molecule has 0 radical (unpaired) electrons. The highest BCUT2D eigenvalue weighted by Crippen LogP contribution is 2.28. The number of carbonyl (C=O) groups excluding carboxylic acids is 2. The molecular formula is C18H25NO3. The summed E-state index contributed by atoms with van der Waals surface area (Å²) in [6.07, 6.45) is 1.06. The first kappa shape index (κ1) is 18.1. The Hall–Kier alpha value is -1.94. The molecule has 4 heteroatoms. The van der Waals surface area contributed by atoms with Gasteiger partial charge in [0.15, 0.2) is 5.76 Å². The van der Waals surface area contributed by atoms with Gasteiger partial charge >= 0.3 is 0 Å². The van der Waals surface area contributed by atoms with Crippen molar-refractivity contribution in [3.05, 3.63) is 48.2 Å². The first-order chi connectivity index (χ1) is 10.4. The number of ketones is 1. The van der Waals surface area contributed by atoms with Gasteiger partial charge in [0.05, 0.1) is 18.1 Å². The summed E-state index contributed by atoms with van der Waals surface area (Å²) in [5.41, 5.74) is 5.97. The monoisotopic (exact) mass is 303 g/mol. The van der Waals surface area contributed by atoms with Crippen molar-refractivity contribution in [2.24, 2.45) is 17.6 Å². The van der Waals surface area contributed by atoms with Gasteiger partial charge in [-0.05, 0) is 24.8 Å². The summed E-state index contributed by atoms with van der Waals surface area (Å²) in [5.74, 6) is -1.14. The zero-order valence-corrected chi connectivity index (χ0v) is 13.5. The SMILES string of the molecule is C=C(OCC)C(=O)C(Cc1ccccc1)C(N)(C=O)C(C)C. The molecule has 1 aromatic rings. The van der Waals surface area contributed by atoms with E-state index in [-0.39, 0.29) is 17.5 Å². The molecule has 0 bridgehead atoms. The summed E-state index contributed by atoms with van der Waals surface area (Å²) in [6.45, 7) is 9.47. The number of Topliss-reactive ketones (excluding diaryl/α,β-unsaturated/α-hetero) is 1. The lowest BCUT2D eigenvalue weighted by atomic mass is 9.72. The number of benzene rings is 1. The van der Waals surface area contributed by atoms with Gasteiger partial charge in [-0.3, -0.25) is 4.79 Å². The summed E-state index contributed by atoms with van der Waals surface area (Å²) >= 11 is 0. The fourth-order valence-corrected chi connectivity index (χ4v) is 2.41. The molecule has 2 unspecified atom stereocenters. The van der Waals surface area contributed by atoms with E-state index in [2.05, 4.69) is 6.58 Å². The summed E-state index contributed by atoms with van der Waals surface area (Å²) < 4.78 is 5.23. The topological polar surface area (TPSA) is 69.4 Å². The Morgan fingerprint density at radius 1 is 1.36 bits per heavy atom. The van der Waals surface area contributed by atoms with Gasteiger partial charge < -0.3 is 15.3 Å². The summed E-state index contributed by atoms with van der Waals surface area (Å²) in [7, 11) is 0. The molecule has 0 saturated carbocycles. The highest BCUT2D eigenvalue weighted by Gasteiger charge is 2.43. The first-order valence-corrected chi connectivity index (χ1v) is 7.51. The van der Waals surface area contributed by atoms with Crippen LogP contribution < -0.4 is 5.73 Å². The van der Waals surface area contributed by atoms with Gasteiger partial charge in [0.25, 0.3) is 0 Å². The van der Waals surface area contributed by atoms with Gasteiger partial charge in [-0.25, -0.2) is 0 Å². The Bertz CT molecular complexity index is 524. The smallest absolute Gasteiger partial charge is 0.202 e. The number of aldehydes is 1. The van der Waals surface area contributed by atoms with Crippen molar-refractivity contribution < 1.29 is 14.3 Å². The van der Waals surface area contributed by atoms with Crippen LogP contribution in [0, 0.1) is 11.8 Å². The van der Waals surface area contributed by atoms with Gasteiger partial charge in [0.2, 0.25) is 5.78 Å². The van der Waals surface area contributed by atoms with Crippen LogP contribution in [0.3, 0.4) is 0 Å². The van der Waals surface area contributed by atoms with Gasteiger partial charge in [0, 0.05) is 0 Å². The summed E-state index contributed by atoms with van der Waals surface area (Å²) in [4.78, 5) is 24.3. The van der Waals surface area contributed by atoms with Crippen LogP contribution in [0.2, 0.25) is 0 Å². The predicted molar refractivity (Wildman–Crippen MR) is 87.2 cm³/mol. The zero-order valence-electron chi connectivity index (χ0n) is 13.5. The Balaban J connectivity index is 3.17. The van der Waals surface area contributed by atoms with Crippen molar-refractivity contribution in [2.45, 2.75) is 32.7 Å². The fraction of sp³-hybridized carbons (Fsp3) is 0.444.